The quantitative estimate of drug-likeness (QED) is 0.786. The number of nitrogens with zero attached hydrogens (tertiary/aromatic N) is 1. The van der Waals surface area contributed by atoms with Gasteiger partial charge in [0.15, 0.2) is 0 Å². The van der Waals surface area contributed by atoms with Crippen molar-refractivity contribution in [1.29, 1.82) is 0 Å². The van der Waals surface area contributed by atoms with Gasteiger partial charge < -0.3 is 5.11 Å². The number of para-hydroxylation sites is 1. The first-order valence-electron chi connectivity index (χ1n) is 5.41. The highest BCUT2D eigenvalue weighted by Gasteiger charge is 2.37. The number of hydrogen-bond donors (Lipinski definition) is 1. The highest BCUT2D eigenvalue weighted by atomic mass is 16.4. The Hall–Kier alpha value is -2.10. The SMILES string of the molecule is CC=CC(=O)N1c2ccccc2C[C@H]1C(=O)O. The monoisotopic (exact) mass is 231 g/mol. The molecule has 1 aliphatic heterocycles. The predicted molar refractivity (Wildman–Crippen MR) is 63.9 cm³/mol. The number of aliphatic carboxylic acids is 1. The van der Waals surface area contributed by atoms with E-state index in [1.165, 1.54) is 11.0 Å². The van der Waals surface area contributed by atoms with Gasteiger partial charge in [-0.25, -0.2) is 4.79 Å². The smallest absolute Gasteiger partial charge is 0.327 e. The van der Waals surface area contributed by atoms with Gasteiger partial charge in [-0.15, -0.1) is 0 Å². The van der Waals surface area contributed by atoms with Gasteiger partial charge in [0.25, 0.3) is 5.91 Å². The predicted octanol–water partition coefficient (Wildman–Crippen LogP) is 1.61. The highest BCUT2D eigenvalue weighted by molar-refractivity contribution is 6.07. The van der Waals surface area contributed by atoms with Crippen molar-refractivity contribution in [2.45, 2.75) is 19.4 Å². The van der Waals surface area contributed by atoms with Gasteiger partial charge in [0, 0.05) is 12.1 Å². The van der Waals surface area contributed by atoms with Crippen molar-refractivity contribution in [2.24, 2.45) is 0 Å². The second-order valence-electron chi connectivity index (χ2n) is 3.90. The number of hydrogen-bond acceptors (Lipinski definition) is 2. The van der Waals surface area contributed by atoms with Crippen molar-refractivity contribution < 1.29 is 14.7 Å². The number of allylic oxidation sites excluding steroid dienone is 1. The van der Waals surface area contributed by atoms with Crippen LogP contribution in [0.15, 0.2) is 36.4 Å². The van der Waals surface area contributed by atoms with Gasteiger partial charge in [0.2, 0.25) is 0 Å². The van der Waals surface area contributed by atoms with E-state index in [0.29, 0.717) is 12.1 Å². The summed E-state index contributed by atoms with van der Waals surface area (Å²) in [6.45, 7) is 1.73. The van der Waals surface area contributed by atoms with Gasteiger partial charge in [-0.05, 0) is 24.6 Å². The Morgan fingerprint density at radius 1 is 1.41 bits per heavy atom. The van der Waals surface area contributed by atoms with Gasteiger partial charge in [-0.2, -0.15) is 0 Å². The second kappa shape index (κ2) is 4.41. The molecule has 0 unspecified atom stereocenters. The van der Waals surface area contributed by atoms with E-state index in [0.717, 1.165) is 5.56 Å². The average molecular weight is 231 g/mol. The van der Waals surface area contributed by atoms with Crippen LogP contribution in [-0.2, 0) is 16.0 Å². The second-order valence-corrected chi connectivity index (χ2v) is 3.90. The Balaban J connectivity index is 2.44. The van der Waals surface area contributed by atoms with Crippen LogP contribution in [0.25, 0.3) is 0 Å². The number of carbonyl (C=O) groups is 2. The first-order chi connectivity index (χ1) is 8.15. The average Bonchev–Trinajstić information content (AvgIpc) is 2.68. The minimum atomic E-state index is -0.973. The summed E-state index contributed by atoms with van der Waals surface area (Å²) in [6, 6.07) is 6.49. The van der Waals surface area contributed by atoms with Crippen molar-refractivity contribution in [3.63, 3.8) is 0 Å². The van der Waals surface area contributed by atoms with Crippen molar-refractivity contribution in [1.82, 2.24) is 0 Å². The summed E-state index contributed by atoms with van der Waals surface area (Å²) in [4.78, 5) is 24.4. The molecule has 1 atom stereocenters. The fourth-order valence-electron chi connectivity index (χ4n) is 2.08. The molecule has 0 aromatic heterocycles. The maximum Gasteiger partial charge on any atom is 0.327 e. The summed E-state index contributed by atoms with van der Waals surface area (Å²) >= 11 is 0. The normalized spacial score (nSPS) is 18.4. The van der Waals surface area contributed by atoms with Crippen LogP contribution in [0.5, 0.6) is 0 Å². The first-order valence-corrected chi connectivity index (χ1v) is 5.41. The molecule has 4 nitrogen and oxygen atoms in total. The molecule has 1 heterocycles. The fourth-order valence-corrected chi connectivity index (χ4v) is 2.08. The number of anilines is 1. The van der Waals surface area contributed by atoms with Crippen LogP contribution in [0.4, 0.5) is 5.69 Å². The molecule has 0 saturated heterocycles. The van der Waals surface area contributed by atoms with E-state index in [2.05, 4.69) is 0 Å². The lowest BCUT2D eigenvalue weighted by Crippen LogP contribution is -2.42. The van der Waals surface area contributed by atoms with Gasteiger partial charge >= 0.3 is 5.97 Å². The lowest BCUT2D eigenvalue weighted by molar-refractivity contribution is -0.139. The molecule has 0 aliphatic carbocycles. The van der Waals surface area contributed by atoms with Gasteiger partial charge in [-0.1, -0.05) is 24.3 Å². The number of benzene rings is 1. The summed E-state index contributed by atoms with van der Waals surface area (Å²) in [7, 11) is 0. The van der Waals surface area contributed by atoms with E-state index in [4.69, 9.17) is 5.11 Å². The molecular weight excluding hydrogens is 218 g/mol. The summed E-state index contributed by atoms with van der Waals surface area (Å²) < 4.78 is 0. The summed E-state index contributed by atoms with van der Waals surface area (Å²) in [5.41, 5.74) is 1.60. The van der Waals surface area contributed by atoms with Crippen LogP contribution >= 0.6 is 0 Å². The molecule has 0 spiro atoms. The van der Waals surface area contributed by atoms with Gasteiger partial charge in [0.05, 0.1) is 0 Å². The molecule has 1 aromatic rings. The van der Waals surface area contributed by atoms with Crippen LogP contribution in [-0.4, -0.2) is 23.0 Å². The molecule has 4 heteroatoms. The molecule has 0 fully saturated rings. The molecule has 0 bridgehead atoms. The molecule has 2 rings (SSSR count). The van der Waals surface area contributed by atoms with E-state index in [1.54, 1.807) is 25.1 Å². The summed E-state index contributed by atoms with van der Waals surface area (Å²) in [6.07, 6.45) is 3.37. The molecular formula is C13H13NO3. The molecule has 88 valence electrons. The Labute approximate surface area is 99.2 Å². The third-order valence-electron chi connectivity index (χ3n) is 2.81. The zero-order chi connectivity index (χ0) is 12.4. The van der Waals surface area contributed by atoms with Crippen LogP contribution in [0, 0.1) is 0 Å². The van der Waals surface area contributed by atoms with E-state index >= 15 is 0 Å². The van der Waals surface area contributed by atoms with Crippen LogP contribution in [0.2, 0.25) is 0 Å². The van der Waals surface area contributed by atoms with Crippen molar-refractivity contribution in [3.8, 4) is 0 Å². The number of rotatable bonds is 2. The zero-order valence-electron chi connectivity index (χ0n) is 9.46. The molecule has 17 heavy (non-hydrogen) atoms. The Kier molecular flexibility index (Phi) is 2.95. The highest BCUT2D eigenvalue weighted by Crippen LogP contribution is 2.32. The lowest BCUT2D eigenvalue weighted by atomic mass is 10.1. The minimum absolute atomic E-state index is 0.287. The molecule has 1 amide bonds. The number of carboxylic acid groups (broad SMARTS) is 1. The molecule has 1 aliphatic rings. The van der Waals surface area contributed by atoms with E-state index in [1.807, 2.05) is 12.1 Å². The van der Waals surface area contributed by atoms with Crippen molar-refractivity contribution in [2.75, 3.05) is 4.90 Å². The third-order valence-corrected chi connectivity index (χ3v) is 2.81. The van der Waals surface area contributed by atoms with Crippen molar-refractivity contribution >= 4 is 17.6 Å². The van der Waals surface area contributed by atoms with Crippen molar-refractivity contribution in [3.05, 3.63) is 42.0 Å². The topological polar surface area (TPSA) is 57.6 Å². The lowest BCUT2D eigenvalue weighted by Gasteiger charge is -2.20. The fraction of sp³-hybridized carbons (Fsp3) is 0.231. The molecule has 1 N–H and O–H groups in total. The molecule has 0 saturated carbocycles. The Morgan fingerprint density at radius 3 is 2.76 bits per heavy atom. The maximum atomic E-state index is 11.9. The Bertz CT molecular complexity index is 493. The van der Waals surface area contributed by atoms with E-state index in [-0.39, 0.29) is 5.91 Å². The largest absolute Gasteiger partial charge is 0.480 e. The van der Waals surface area contributed by atoms with Crippen LogP contribution < -0.4 is 4.90 Å². The number of carbonyl (C=O) groups excluding carboxylic acids is 1. The standard InChI is InChI=1S/C13H13NO3/c1-2-5-12(15)14-10-7-4-3-6-9(10)8-11(14)13(16)17/h2-7,11H,8H2,1H3,(H,16,17)/t11-/m0/s1. The molecule has 0 radical (unpaired) electrons. The number of fused-ring (bicyclic) bond motifs is 1. The number of carboxylic acids is 1. The third kappa shape index (κ3) is 1.93. The van der Waals surface area contributed by atoms with Crippen LogP contribution in [0.3, 0.4) is 0 Å². The van der Waals surface area contributed by atoms with E-state index < -0.39 is 12.0 Å². The Morgan fingerprint density at radius 2 is 2.12 bits per heavy atom. The van der Waals surface area contributed by atoms with Crippen LogP contribution in [0.1, 0.15) is 12.5 Å². The summed E-state index contributed by atoms with van der Waals surface area (Å²) in [5.74, 6) is -1.26. The number of amides is 1. The molecule has 1 aromatic carbocycles. The zero-order valence-corrected chi connectivity index (χ0v) is 9.46. The minimum Gasteiger partial charge on any atom is -0.480 e. The van der Waals surface area contributed by atoms with Gasteiger partial charge in [-0.3, -0.25) is 9.69 Å². The van der Waals surface area contributed by atoms with Gasteiger partial charge in [0.1, 0.15) is 6.04 Å². The van der Waals surface area contributed by atoms with E-state index in [9.17, 15) is 9.59 Å². The maximum absolute atomic E-state index is 11.9. The summed E-state index contributed by atoms with van der Waals surface area (Å²) in [5, 5.41) is 9.15. The first kappa shape index (κ1) is 11.4.